The van der Waals surface area contributed by atoms with Gasteiger partial charge in [0.05, 0.1) is 11.6 Å². The van der Waals surface area contributed by atoms with Crippen LogP contribution in [0.4, 0.5) is 5.69 Å². The van der Waals surface area contributed by atoms with E-state index in [1.807, 2.05) is 19.1 Å². The fraction of sp³-hybridized carbons (Fsp3) is 0.182. The van der Waals surface area contributed by atoms with Crippen molar-refractivity contribution in [3.8, 4) is 11.5 Å². The van der Waals surface area contributed by atoms with Crippen LogP contribution in [-0.4, -0.2) is 6.61 Å². The van der Waals surface area contributed by atoms with Gasteiger partial charge in [-0.3, -0.25) is 0 Å². The number of halogens is 5. The Morgan fingerprint density at radius 3 is 2.10 bits per heavy atom. The van der Waals surface area contributed by atoms with E-state index in [1.165, 1.54) is 0 Å². The third kappa shape index (κ3) is 6.03. The van der Waals surface area contributed by atoms with Crippen molar-refractivity contribution < 1.29 is 9.47 Å². The van der Waals surface area contributed by atoms with Crippen molar-refractivity contribution in [2.45, 2.75) is 20.1 Å². The molecule has 8 heteroatoms. The van der Waals surface area contributed by atoms with Crippen molar-refractivity contribution in [2.24, 2.45) is 0 Å². The number of hydrogen-bond donors (Lipinski definition) is 1. The molecule has 0 heterocycles. The highest BCUT2D eigenvalue weighted by Crippen LogP contribution is 2.38. The Hall–Kier alpha value is -1.49. The number of hydrogen-bond acceptors (Lipinski definition) is 3. The lowest BCUT2D eigenvalue weighted by Gasteiger charge is -2.17. The number of rotatable bonds is 8. The van der Waals surface area contributed by atoms with Gasteiger partial charge in [0, 0.05) is 37.9 Å². The monoisotopic (exact) mass is 503 g/mol. The first-order chi connectivity index (χ1) is 14.4. The van der Waals surface area contributed by atoms with Gasteiger partial charge in [-0.1, -0.05) is 64.1 Å². The molecule has 0 aliphatic rings. The predicted molar refractivity (Wildman–Crippen MR) is 127 cm³/mol. The number of nitrogens with one attached hydrogen (secondary N) is 1. The Morgan fingerprint density at radius 2 is 1.47 bits per heavy atom. The Labute approximate surface area is 200 Å². The highest BCUT2D eigenvalue weighted by molar-refractivity contribution is 6.36. The number of benzene rings is 3. The molecule has 0 aromatic heterocycles. The van der Waals surface area contributed by atoms with Crippen LogP contribution in [0.2, 0.25) is 25.1 Å². The van der Waals surface area contributed by atoms with Crippen LogP contribution >= 0.6 is 58.0 Å². The maximum Gasteiger partial charge on any atom is 0.180 e. The van der Waals surface area contributed by atoms with E-state index in [9.17, 15) is 0 Å². The molecular formula is C22H18Cl5NO2. The van der Waals surface area contributed by atoms with Crippen molar-refractivity contribution in [1.82, 2.24) is 0 Å². The SMILES string of the molecule is CCOc1cc(CNc2cc(Cl)cc(Cl)c2)cc(Cl)c1OCc1c(Cl)cccc1Cl. The van der Waals surface area contributed by atoms with Crippen LogP contribution < -0.4 is 14.8 Å². The predicted octanol–water partition coefficient (Wildman–Crippen LogP) is 8.54. The van der Waals surface area contributed by atoms with E-state index in [0.717, 1.165) is 11.3 Å². The summed E-state index contributed by atoms with van der Waals surface area (Å²) in [6, 6.07) is 14.2. The zero-order chi connectivity index (χ0) is 21.7. The molecule has 3 aromatic rings. The minimum Gasteiger partial charge on any atom is -0.490 e. The topological polar surface area (TPSA) is 30.5 Å². The average molecular weight is 506 g/mol. The summed E-state index contributed by atoms with van der Waals surface area (Å²) in [5.74, 6) is 0.971. The average Bonchev–Trinajstić information content (AvgIpc) is 2.67. The highest BCUT2D eigenvalue weighted by atomic mass is 35.5. The van der Waals surface area contributed by atoms with Crippen molar-refractivity contribution in [1.29, 1.82) is 0 Å². The second-order valence-corrected chi connectivity index (χ2v) is 8.43. The standard InChI is InChI=1S/C22H18Cl5NO2/c1-2-29-21-7-13(11-28-16-9-14(23)8-15(24)10-16)6-20(27)22(21)30-12-17-18(25)4-3-5-19(17)26/h3-10,28H,2,11-12H2,1H3. The first-order valence-electron chi connectivity index (χ1n) is 9.08. The van der Waals surface area contributed by atoms with E-state index in [1.54, 1.807) is 36.4 Å². The summed E-state index contributed by atoms with van der Waals surface area (Å²) in [5, 5.41) is 5.86. The molecule has 30 heavy (non-hydrogen) atoms. The van der Waals surface area contributed by atoms with E-state index in [-0.39, 0.29) is 6.61 Å². The van der Waals surface area contributed by atoms with Gasteiger partial charge in [0.2, 0.25) is 0 Å². The highest BCUT2D eigenvalue weighted by Gasteiger charge is 2.15. The molecule has 158 valence electrons. The molecule has 3 nitrogen and oxygen atoms in total. The Bertz CT molecular complexity index is 1000. The van der Waals surface area contributed by atoms with Crippen molar-refractivity contribution in [3.63, 3.8) is 0 Å². The molecule has 0 fully saturated rings. The lowest BCUT2D eigenvalue weighted by atomic mass is 10.2. The van der Waals surface area contributed by atoms with Gasteiger partial charge in [0.15, 0.2) is 11.5 Å². The van der Waals surface area contributed by atoms with Crippen LogP contribution in [0.5, 0.6) is 11.5 Å². The molecule has 0 saturated heterocycles. The Kier molecular flexibility index (Phi) is 8.27. The third-order valence-corrected chi connectivity index (χ3v) is 5.58. The zero-order valence-corrected chi connectivity index (χ0v) is 19.7. The first-order valence-corrected chi connectivity index (χ1v) is 11.0. The number of ether oxygens (including phenoxy) is 2. The lowest BCUT2D eigenvalue weighted by Crippen LogP contribution is -2.04. The summed E-state index contributed by atoms with van der Waals surface area (Å²) in [5.41, 5.74) is 2.39. The molecule has 0 bridgehead atoms. The van der Waals surface area contributed by atoms with Gasteiger partial charge < -0.3 is 14.8 Å². The normalized spacial score (nSPS) is 10.7. The molecule has 0 spiro atoms. The summed E-state index contributed by atoms with van der Waals surface area (Å²) >= 11 is 31.1. The van der Waals surface area contributed by atoms with Gasteiger partial charge in [0.1, 0.15) is 6.61 Å². The molecule has 0 saturated carbocycles. The quantitative estimate of drug-likeness (QED) is 0.333. The van der Waals surface area contributed by atoms with Crippen LogP contribution in [0.3, 0.4) is 0 Å². The number of anilines is 1. The molecule has 1 N–H and O–H groups in total. The molecule has 0 radical (unpaired) electrons. The Morgan fingerprint density at radius 1 is 0.800 bits per heavy atom. The third-order valence-electron chi connectivity index (χ3n) is 4.15. The maximum atomic E-state index is 6.51. The second kappa shape index (κ2) is 10.7. The molecule has 3 aromatic carbocycles. The van der Waals surface area contributed by atoms with Crippen molar-refractivity contribution in [3.05, 3.63) is 84.8 Å². The summed E-state index contributed by atoms with van der Waals surface area (Å²) in [6.45, 7) is 3.01. The molecule has 0 amide bonds. The van der Waals surface area contributed by atoms with Gasteiger partial charge in [-0.05, 0) is 55.0 Å². The van der Waals surface area contributed by atoms with Gasteiger partial charge in [-0.25, -0.2) is 0 Å². The first kappa shape index (κ1) is 23.2. The molecule has 0 aliphatic carbocycles. The fourth-order valence-corrected chi connectivity index (χ4v) is 4.12. The lowest BCUT2D eigenvalue weighted by molar-refractivity contribution is 0.269. The summed E-state index contributed by atoms with van der Waals surface area (Å²) < 4.78 is 11.7. The molecular weight excluding hydrogens is 488 g/mol. The van der Waals surface area contributed by atoms with E-state index in [0.29, 0.717) is 55.3 Å². The molecule has 0 atom stereocenters. The smallest absolute Gasteiger partial charge is 0.180 e. The summed E-state index contributed by atoms with van der Waals surface area (Å²) in [4.78, 5) is 0. The van der Waals surface area contributed by atoms with Crippen LogP contribution in [0, 0.1) is 0 Å². The van der Waals surface area contributed by atoms with Gasteiger partial charge in [0.25, 0.3) is 0 Å². The van der Waals surface area contributed by atoms with Gasteiger partial charge >= 0.3 is 0 Å². The van der Waals surface area contributed by atoms with Crippen LogP contribution in [0.25, 0.3) is 0 Å². The summed E-state index contributed by atoms with van der Waals surface area (Å²) in [7, 11) is 0. The Balaban J connectivity index is 1.79. The minimum absolute atomic E-state index is 0.164. The zero-order valence-electron chi connectivity index (χ0n) is 15.9. The summed E-state index contributed by atoms with van der Waals surface area (Å²) in [6.07, 6.45) is 0. The van der Waals surface area contributed by atoms with E-state index in [2.05, 4.69) is 5.32 Å². The largest absolute Gasteiger partial charge is 0.490 e. The molecule has 0 aliphatic heterocycles. The van der Waals surface area contributed by atoms with E-state index in [4.69, 9.17) is 67.5 Å². The molecule has 3 rings (SSSR count). The fourth-order valence-electron chi connectivity index (χ4n) is 2.80. The van der Waals surface area contributed by atoms with Crippen molar-refractivity contribution in [2.75, 3.05) is 11.9 Å². The van der Waals surface area contributed by atoms with Gasteiger partial charge in [-0.15, -0.1) is 0 Å². The van der Waals surface area contributed by atoms with Crippen LogP contribution in [0.15, 0.2) is 48.5 Å². The maximum absolute atomic E-state index is 6.51. The second-order valence-electron chi connectivity index (χ2n) is 6.34. The van der Waals surface area contributed by atoms with Crippen molar-refractivity contribution >= 4 is 63.7 Å². The van der Waals surface area contributed by atoms with Gasteiger partial charge in [-0.2, -0.15) is 0 Å². The van der Waals surface area contributed by atoms with Crippen LogP contribution in [-0.2, 0) is 13.2 Å². The van der Waals surface area contributed by atoms with E-state index >= 15 is 0 Å². The molecule has 0 unspecified atom stereocenters. The van der Waals surface area contributed by atoms with Crippen LogP contribution in [0.1, 0.15) is 18.1 Å². The van der Waals surface area contributed by atoms with E-state index < -0.39 is 0 Å². The minimum atomic E-state index is 0.164.